The Bertz CT molecular complexity index is 1100. The molecule has 0 bridgehead atoms. The van der Waals surface area contributed by atoms with Gasteiger partial charge in [0.1, 0.15) is 11.6 Å². The Hall–Kier alpha value is -3.28. The van der Waals surface area contributed by atoms with Crippen LogP contribution in [0.3, 0.4) is 0 Å². The SMILES string of the molecule is Cc1nc([C@H]2CCCN(C(=O)c3ccncc3)C2)nc2c1CCCN2CCc1ccccc1. The van der Waals surface area contributed by atoms with Gasteiger partial charge in [0, 0.05) is 61.3 Å². The topological polar surface area (TPSA) is 62.2 Å². The summed E-state index contributed by atoms with van der Waals surface area (Å²) in [6.07, 6.45) is 8.53. The number of fused-ring (bicyclic) bond motifs is 1. The maximum atomic E-state index is 13.0. The minimum absolute atomic E-state index is 0.0706. The summed E-state index contributed by atoms with van der Waals surface area (Å²) in [5, 5.41) is 0. The van der Waals surface area contributed by atoms with Gasteiger partial charge in [0.25, 0.3) is 5.91 Å². The Morgan fingerprint density at radius 2 is 1.85 bits per heavy atom. The molecule has 6 nitrogen and oxygen atoms in total. The van der Waals surface area contributed by atoms with Crippen LogP contribution >= 0.6 is 0 Å². The van der Waals surface area contributed by atoms with Crippen LogP contribution in [0, 0.1) is 6.92 Å². The average molecular weight is 442 g/mol. The number of aryl methyl sites for hydroxylation is 1. The Labute approximate surface area is 195 Å². The standard InChI is InChI=1S/C27H31N5O/c1-20-24-10-6-16-31(18-13-21-7-3-2-4-8-21)26(24)30-25(29-20)23-9-5-17-32(19-23)27(33)22-11-14-28-15-12-22/h2-4,7-8,11-12,14-15,23H,5-6,9-10,13,16-19H2,1H3/t23-/m0/s1. The van der Waals surface area contributed by atoms with E-state index in [0.717, 1.165) is 69.1 Å². The largest absolute Gasteiger partial charge is 0.356 e. The lowest BCUT2D eigenvalue weighted by Crippen LogP contribution is -2.40. The molecular weight excluding hydrogens is 410 g/mol. The van der Waals surface area contributed by atoms with Crippen molar-refractivity contribution in [3.63, 3.8) is 0 Å². The molecule has 170 valence electrons. The van der Waals surface area contributed by atoms with Crippen LogP contribution in [-0.2, 0) is 12.8 Å². The molecule has 33 heavy (non-hydrogen) atoms. The number of aromatic nitrogens is 3. The van der Waals surface area contributed by atoms with Crippen LogP contribution in [-0.4, -0.2) is 51.9 Å². The van der Waals surface area contributed by atoms with Gasteiger partial charge in [0.2, 0.25) is 0 Å². The van der Waals surface area contributed by atoms with Gasteiger partial charge in [0.05, 0.1) is 0 Å². The molecule has 1 aromatic carbocycles. The number of benzene rings is 1. The predicted molar refractivity (Wildman–Crippen MR) is 130 cm³/mol. The highest BCUT2D eigenvalue weighted by Crippen LogP contribution is 2.32. The van der Waals surface area contributed by atoms with Gasteiger partial charge in [-0.05, 0) is 56.7 Å². The minimum atomic E-state index is 0.0706. The summed E-state index contributed by atoms with van der Waals surface area (Å²) in [4.78, 5) is 31.5. The first-order chi connectivity index (χ1) is 16.2. The molecule has 0 N–H and O–H groups in total. The highest BCUT2D eigenvalue weighted by Gasteiger charge is 2.29. The van der Waals surface area contributed by atoms with Crippen molar-refractivity contribution in [2.75, 3.05) is 31.1 Å². The van der Waals surface area contributed by atoms with Crippen molar-refractivity contribution in [1.82, 2.24) is 19.9 Å². The van der Waals surface area contributed by atoms with Gasteiger partial charge >= 0.3 is 0 Å². The van der Waals surface area contributed by atoms with E-state index in [0.29, 0.717) is 12.1 Å². The number of anilines is 1. The molecular formula is C27H31N5O. The molecule has 6 heteroatoms. The zero-order valence-electron chi connectivity index (χ0n) is 19.3. The van der Waals surface area contributed by atoms with Crippen LogP contribution in [0.25, 0.3) is 0 Å². The highest BCUT2D eigenvalue weighted by molar-refractivity contribution is 5.94. The van der Waals surface area contributed by atoms with Gasteiger partial charge in [-0.1, -0.05) is 30.3 Å². The number of pyridine rings is 1. The van der Waals surface area contributed by atoms with Crippen LogP contribution in [0.1, 0.15) is 58.2 Å². The lowest BCUT2D eigenvalue weighted by molar-refractivity contribution is 0.0704. The number of nitrogens with zero attached hydrogens (tertiary/aromatic N) is 5. The quantitative estimate of drug-likeness (QED) is 0.594. The van der Waals surface area contributed by atoms with Crippen molar-refractivity contribution >= 4 is 11.7 Å². The van der Waals surface area contributed by atoms with E-state index in [1.165, 1.54) is 11.1 Å². The molecule has 0 aliphatic carbocycles. The van der Waals surface area contributed by atoms with E-state index in [2.05, 4.69) is 47.1 Å². The third kappa shape index (κ3) is 4.75. The van der Waals surface area contributed by atoms with Crippen molar-refractivity contribution in [1.29, 1.82) is 0 Å². The lowest BCUT2D eigenvalue weighted by atomic mass is 9.95. The zero-order valence-corrected chi connectivity index (χ0v) is 19.3. The van der Waals surface area contributed by atoms with Crippen molar-refractivity contribution in [2.24, 2.45) is 0 Å². The predicted octanol–water partition coefficient (Wildman–Crippen LogP) is 4.20. The van der Waals surface area contributed by atoms with Gasteiger partial charge in [0.15, 0.2) is 0 Å². The molecule has 1 atom stereocenters. The molecule has 1 amide bonds. The van der Waals surface area contributed by atoms with E-state index in [1.54, 1.807) is 24.5 Å². The maximum Gasteiger partial charge on any atom is 0.253 e. The fourth-order valence-electron chi connectivity index (χ4n) is 5.07. The second-order valence-corrected chi connectivity index (χ2v) is 9.12. The molecule has 5 rings (SSSR count). The molecule has 0 spiro atoms. The van der Waals surface area contributed by atoms with Crippen molar-refractivity contribution in [3.8, 4) is 0 Å². The average Bonchev–Trinajstić information content (AvgIpc) is 2.88. The molecule has 2 aliphatic heterocycles. The molecule has 2 aromatic heterocycles. The van der Waals surface area contributed by atoms with Crippen LogP contribution in [0.4, 0.5) is 5.82 Å². The first kappa shape index (κ1) is 21.6. The van der Waals surface area contributed by atoms with Crippen LogP contribution in [0.15, 0.2) is 54.9 Å². The van der Waals surface area contributed by atoms with Crippen molar-refractivity contribution in [2.45, 2.75) is 44.9 Å². The normalized spacial score (nSPS) is 18.2. The van der Waals surface area contributed by atoms with E-state index in [1.807, 2.05) is 4.90 Å². The number of hydrogen-bond donors (Lipinski definition) is 0. The Kier molecular flexibility index (Phi) is 6.33. The van der Waals surface area contributed by atoms with Gasteiger partial charge in [-0.25, -0.2) is 9.97 Å². The summed E-state index contributed by atoms with van der Waals surface area (Å²) in [5.41, 5.74) is 4.43. The van der Waals surface area contributed by atoms with E-state index < -0.39 is 0 Å². The smallest absolute Gasteiger partial charge is 0.253 e. The maximum absolute atomic E-state index is 13.0. The van der Waals surface area contributed by atoms with Crippen LogP contribution < -0.4 is 4.90 Å². The van der Waals surface area contributed by atoms with E-state index in [9.17, 15) is 4.79 Å². The molecule has 3 aromatic rings. The fourth-order valence-corrected chi connectivity index (χ4v) is 5.07. The molecule has 0 saturated carbocycles. The summed E-state index contributed by atoms with van der Waals surface area (Å²) in [5.74, 6) is 2.25. The zero-order chi connectivity index (χ0) is 22.6. The molecule has 0 radical (unpaired) electrons. The van der Waals surface area contributed by atoms with Gasteiger partial charge in [-0.15, -0.1) is 0 Å². The Morgan fingerprint density at radius 1 is 1.03 bits per heavy atom. The first-order valence-corrected chi connectivity index (χ1v) is 12.0. The summed E-state index contributed by atoms with van der Waals surface area (Å²) in [7, 11) is 0. The van der Waals surface area contributed by atoms with E-state index in [-0.39, 0.29) is 11.8 Å². The van der Waals surface area contributed by atoms with E-state index in [4.69, 9.17) is 9.97 Å². The van der Waals surface area contributed by atoms with Crippen molar-refractivity contribution in [3.05, 3.63) is 83.1 Å². The lowest BCUT2D eigenvalue weighted by Gasteiger charge is -2.34. The minimum Gasteiger partial charge on any atom is -0.356 e. The fraction of sp³-hybridized carbons (Fsp3) is 0.407. The molecule has 1 fully saturated rings. The summed E-state index contributed by atoms with van der Waals surface area (Å²) in [6.45, 7) is 5.57. The summed E-state index contributed by atoms with van der Waals surface area (Å²) in [6, 6.07) is 14.2. The second-order valence-electron chi connectivity index (χ2n) is 9.12. The van der Waals surface area contributed by atoms with Gasteiger partial charge in [-0.3, -0.25) is 9.78 Å². The van der Waals surface area contributed by atoms with Crippen LogP contribution in [0.5, 0.6) is 0 Å². The number of piperidine rings is 1. The Balaban J connectivity index is 1.35. The molecule has 2 aliphatic rings. The highest BCUT2D eigenvalue weighted by atomic mass is 16.2. The number of amides is 1. The molecule has 0 unspecified atom stereocenters. The number of carbonyl (C=O) groups excluding carboxylic acids is 1. The number of rotatable bonds is 5. The van der Waals surface area contributed by atoms with Crippen molar-refractivity contribution < 1.29 is 4.79 Å². The number of likely N-dealkylation sites (tertiary alicyclic amines) is 1. The first-order valence-electron chi connectivity index (χ1n) is 12.0. The van der Waals surface area contributed by atoms with E-state index >= 15 is 0 Å². The monoisotopic (exact) mass is 441 g/mol. The van der Waals surface area contributed by atoms with Crippen LogP contribution in [0.2, 0.25) is 0 Å². The summed E-state index contributed by atoms with van der Waals surface area (Å²) >= 11 is 0. The van der Waals surface area contributed by atoms with Gasteiger partial charge in [-0.2, -0.15) is 0 Å². The second kappa shape index (κ2) is 9.69. The summed E-state index contributed by atoms with van der Waals surface area (Å²) < 4.78 is 0. The molecule has 1 saturated heterocycles. The van der Waals surface area contributed by atoms with Gasteiger partial charge < -0.3 is 9.80 Å². The Morgan fingerprint density at radius 3 is 2.67 bits per heavy atom. The third-order valence-corrected chi connectivity index (χ3v) is 6.88. The number of hydrogen-bond acceptors (Lipinski definition) is 5. The number of carbonyl (C=O) groups is 1. The molecule has 4 heterocycles. The third-order valence-electron chi connectivity index (χ3n) is 6.88.